The predicted octanol–water partition coefficient (Wildman–Crippen LogP) is 4.51. The monoisotopic (exact) mass is 536 g/mol. The lowest BCUT2D eigenvalue weighted by molar-refractivity contribution is -0.137. The van der Waals surface area contributed by atoms with E-state index in [1.165, 1.54) is 11.5 Å². The van der Waals surface area contributed by atoms with Crippen molar-refractivity contribution in [3.05, 3.63) is 75.4 Å². The van der Waals surface area contributed by atoms with Gasteiger partial charge < -0.3 is 14.8 Å². The van der Waals surface area contributed by atoms with Crippen LogP contribution in [0, 0.1) is 5.92 Å². The molecule has 1 amide bonds. The molecule has 192 valence electrons. The van der Waals surface area contributed by atoms with Crippen LogP contribution in [0.1, 0.15) is 43.1 Å². The van der Waals surface area contributed by atoms with Crippen molar-refractivity contribution in [3.8, 4) is 0 Å². The van der Waals surface area contributed by atoms with E-state index >= 15 is 0 Å². The number of nitrogens with zero attached hydrogens (tertiary/aromatic N) is 5. The zero-order valence-electron chi connectivity index (χ0n) is 20.5. The molecule has 1 N–H and O–H groups in total. The van der Waals surface area contributed by atoms with Crippen molar-refractivity contribution >= 4 is 45.2 Å². The highest BCUT2D eigenvalue weighted by molar-refractivity contribution is 7.09. The number of rotatable bonds is 5. The van der Waals surface area contributed by atoms with E-state index in [9.17, 15) is 9.59 Å². The number of fused-ring (bicyclic) bond motifs is 1. The third kappa shape index (κ3) is 5.02. The van der Waals surface area contributed by atoms with Gasteiger partial charge >= 0.3 is 5.69 Å². The average Bonchev–Trinajstić information content (AvgIpc) is 3.53. The molecule has 2 aromatic heterocycles. The molecule has 4 heterocycles. The maximum Gasteiger partial charge on any atom is 0.326 e. The van der Waals surface area contributed by atoms with Crippen molar-refractivity contribution < 1.29 is 4.79 Å². The van der Waals surface area contributed by atoms with E-state index in [-0.39, 0.29) is 23.6 Å². The first-order valence-corrected chi connectivity index (χ1v) is 14.0. The van der Waals surface area contributed by atoms with Gasteiger partial charge in [-0.2, -0.15) is 4.37 Å². The summed E-state index contributed by atoms with van der Waals surface area (Å²) in [5, 5.41) is 1.61. The Bertz CT molecular complexity index is 1450. The summed E-state index contributed by atoms with van der Waals surface area (Å²) in [5.74, 6) is 0.982. The number of nitrogens with one attached hydrogen (secondary N) is 1. The first-order valence-electron chi connectivity index (χ1n) is 12.8. The van der Waals surface area contributed by atoms with Gasteiger partial charge in [0.1, 0.15) is 5.82 Å². The summed E-state index contributed by atoms with van der Waals surface area (Å²) in [6.45, 7) is 2.92. The molecule has 2 aromatic carbocycles. The van der Waals surface area contributed by atoms with Crippen LogP contribution in [0.5, 0.6) is 0 Å². The number of likely N-dealkylation sites (tertiary alicyclic amines) is 1. The van der Waals surface area contributed by atoms with Crippen LogP contribution in [0.3, 0.4) is 0 Å². The third-order valence-electron chi connectivity index (χ3n) is 7.54. The smallest absolute Gasteiger partial charge is 0.326 e. The van der Waals surface area contributed by atoms with Crippen LogP contribution in [-0.2, 0) is 11.2 Å². The molecule has 0 aliphatic carbocycles. The molecule has 0 saturated carbocycles. The summed E-state index contributed by atoms with van der Waals surface area (Å²) in [5.41, 5.74) is 2.86. The molecular weight excluding hydrogens is 508 g/mol. The molecular formula is C27H29ClN6O2S. The lowest BCUT2D eigenvalue weighted by Gasteiger charge is -2.37. The fraction of sp³-hybridized carbons (Fsp3) is 0.407. The molecule has 4 aromatic rings. The van der Waals surface area contributed by atoms with Gasteiger partial charge in [-0.3, -0.25) is 9.36 Å². The number of carbonyl (C=O) groups excluding carboxylic acids is 1. The highest BCUT2D eigenvalue weighted by Crippen LogP contribution is 2.29. The molecule has 2 aliphatic rings. The lowest BCUT2D eigenvalue weighted by Crippen LogP contribution is -2.47. The second-order valence-electron chi connectivity index (χ2n) is 9.96. The summed E-state index contributed by atoms with van der Waals surface area (Å²) in [6, 6.07) is 15.7. The minimum absolute atomic E-state index is 0.0373. The number of hydrogen-bond acceptors (Lipinski definition) is 6. The van der Waals surface area contributed by atoms with E-state index < -0.39 is 0 Å². The molecule has 2 aliphatic heterocycles. The largest absolute Gasteiger partial charge is 0.346 e. The average molecular weight is 537 g/mol. The second kappa shape index (κ2) is 10.3. The Morgan fingerprint density at radius 2 is 1.84 bits per heavy atom. The molecule has 2 fully saturated rings. The highest BCUT2D eigenvalue weighted by atomic mass is 35.5. The molecule has 0 radical (unpaired) electrons. The number of aromatic nitrogens is 4. The number of para-hydroxylation sites is 2. The van der Waals surface area contributed by atoms with Gasteiger partial charge in [0.15, 0.2) is 0 Å². The van der Waals surface area contributed by atoms with Gasteiger partial charge in [-0.05, 0) is 55.5 Å². The van der Waals surface area contributed by atoms with E-state index in [0.717, 1.165) is 64.8 Å². The fourth-order valence-electron chi connectivity index (χ4n) is 5.62. The van der Waals surface area contributed by atoms with Gasteiger partial charge in [0.05, 0.1) is 17.0 Å². The van der Waals surface area contributed by atoms with Crippen molar-refractivity contribution in [1.29, 1.82) is 0 Å². The zero-order valence-corrected chi connectivity index (χ0v) is 22.0. The maximum atomic E-state index is 13.5. The topological polar surface area (TPSA) is 87.1 Å². The van der Waals surface area contributed by atoms with Crippen LogP contribution < -0.4 is 10.6 Å². The minimum Gasteiger partial charge on any atom is -0.346 e. The normalized spacial score (nSPS) is 19.0. The summed E-state index contributed by atoms with van der Waals surface area (Å²) in [7, 11) is 0. The van der Waals surface area contributed by atoms with Crippen LogP contribution in [0.25, 0.3) is 11.0 Å². The number of imidazole rings is 1. The first kappa shape index (κ1) is 24.2. The van der Waals surface area contributed by atoms with Crippen LogP contribution >= 0.6 is 23.1 Å². The summed E-state index contributed by atoms with van der Waals surface area (Å²) >= 11 is 7.40. The molecule has 0 bridgehead atoms. The van der Waals surface area contributed by atoms with Crippen LogP contribution in [0.15, 0.2) is 53.3 Å². The van der Waals surface area contributed by atoms with Crippen LogP contribution in [-0.4, -0.2) is 55.9 Å². The number of carbonyl (C=O) groups is 1. The summed E-state index contributed by atoms with van der Waals surface area (Å²) < 4.78 is 6.43. The van der Waals surface area contributed by atoms with Gasteiger partial charge in [-0.25, -0.2) is 9.78 Å². The summed E-state index contributed by atoms with van der Waals surface area (Å²) in [6.07, 6.45) is 4.10. The number of piperidine rings is 2. The van der Waals surface area contributed by atoms with Crippen molar-refractivity contribution in [3.63, 3.8) is 0 Å². The molecule has 2 saturated heterocycles. The van der Waals surface area contributed by atoms with E-state index in [1.807, 2.05) is 58.0 Å². The number of amides is 1. The van der Waals surface area contributed by atoms with E-state index in [4.69, 9.17) is 16.6 Å². The Hall–Kier alpha value is -3.17. The zero-order chi connectivity index (χ0) is 25.4. The quantitative estimate of drug-likeness (QED) is 0.405. The van der Waals surface area contributed by atoms with Crippen LogP contribution in [0.2, 0.25) is 5.02 Å². The van der Waals surface area contributed by atoms with E-state index in [2.05, 4.69) is 14.3 Å². The molecule has 1 atom stereocenters. The van der Waals surface area contributed by atoms with Gasteiger partial charge in [0.25, 0.3) is 0 Å². The Morgan fingerprint density at radius 1 is 1.05 bits per heavy atom. The van der Waals surface area contributed by atoms with Crippen LogP contribution in [0.4, 0.5) is 5.13 Å². The lowest BCUT2D eigenvalue weighted by atomic mass is 9.95. The maximum absolute atomic E-state index is 13.5. The SMILES string of the molecule is O=C(C1CCCN(c2nc(Cc3ccc(Cl)cc3)ns2)C1)N1CCC(n2c(=O)[nH]c3ccccc32)CC1. The Kier molecular flexibility index (Phi) is 6.73. The number of aromatic amines is 1. The highest BCUT2D eigenvalue weighted by Gasteiger charge is 2.33. The van der Waals surface area contributed by atoms with E-state index in [0.29, 0.717) is 26.1 Å². The van der Waals surface area contributed by atoms with Gasteiger partial charge in [-0.15, -0.1) is 0 Å². The van der Waals surface area contributed by atoms with Crippen molar-refractivity contribution in [2.45, 2.75) is 38.1 Å². The van der Waals surface area contributed by atoms with E-state index in [1.54, 1.807) is 0 Å². The predicted molar refractivity (Wildman–Crippen MR) is 147 cm³/mol. The van der Waals surface area contributed by atoms with Crippen molar-refractivity contribution in [2.24, 2.45) is 5.92 Å². The number of halogens is 1. The molecule has 37 heavy (non-hydrogen) atoms. The molecule has 0 spiro atoms. The van der Waals surface area contributed by atoms with Gasteiger partial charge in [0.2, 0.25) is 11.0 Å². The number of H-pyrrole nitrogens is 1. The summed E-state index contributed by atoms with van der Waals surface area (Å²) in [4.78, 5) is 38.0. The van der Waals surface area contributed by atoms with Crippen molar-refractivity contribution in [2.75, 3.05) is 31.1 Å². The third-order valence-corrected chi connectivity index (χ3v) is 8.61. The standard InChI is InChI=1S/C27H29ClN6O2S/c28-20-9-7-18(8-10-20)16-24-30-27(37-31-24)33-13-3-4-19(17-33)25(35)32-14-11-21(12-15-32)34-23-6-2-1-5-22(23)29-26(34)36/h1-2,5-10,19,21H,3-4,11-17H2,(H,29,36). The molecule has 10 heteroatoms. The minimum atomic E-state index is -0.0682. The number of anilines is 1. The first-order chi connectivity index (χ1) is 18.0. The second-order valence-corrected chi connectivity index (χ2v) is 11.1. The van der Waals surface area contributed by atoms with Gasteiger partial charge in [-0.1, -0.05) is 35.9 Å². The Labute approximate surface area is 224 Å². The molecule has 8 nitrogen and oxygen atoms in total. The molecule has 6 rings (SSSR count). The fourth-order valence-corrected chi connectivity index (χ4v) is 6.47. The van der Waals surface area contributed by atoms with Gasteiger partial charge in [0, 0.05) is 55.2 Å². The Balaban J connectivity index is 1.07. The number of benzene rings is 2. The number of hydrogen-bond donors (Lipinski definition) is 1. The van der Waals surface area contributed by atoms with Crippen molar-refractivity contribution in [1.82, 2.24) is 23.8 Å². The molecule has 1 unspecified atom stereocenters. The Morgan fingerprint density at radius 3 is 2.65 bits per heavy atom.